The van der Waals surface area contributed by atoms with Crippen LogP contribution in [0.3, 0.4) is 0 Å². The minimum Gasteiger partial charge on any atom is -0.508 e. The van der Waals surface area contributed by atoms with Crippen LogP contribution in [0.5, 0.6) is 5.75 Å². The Kier molecular flexibility index (Phi) is 7.48. The van der Waals surface area contributed by atoms with Crippen molar-refractivity contribution in [3.63, 3.8) is 0 Å². The van der Waals surface area contributed by atoms with E-state index in [1.807, 2.05) is 12.1 Å². The van der Waals surface area contributed by atoms with E-state index in [2.05, 4.69) is 58.6 Å². The number of rotatable bonds is 8. The fourth-order valence-electron chi connectivity index (χ4n) is 3.66. The van der Waals surface area contributed by atoms with Crippen LogP contribution < -0.4 is 5.30 Å². The van der Waals surface area contributed by atoms with Crippen molar-refractivity contribution in [1.82, 2.24) is 0 Å². The van der Waals surface area contributed by atoms with Crippen molar-refractivity contribution in [2.75, 3.05) is 6.66 Å². The quantitative estimate of drug-likeness (QED) is 0.543. The molecule has 3 unspecified atom stereocenters. The summed E-state index contributed by atoms with van der Waals surface area (Å²) < 4.78 is 0. The molecule has 25 heavy (non-hydrogen) atoms. The molecule has 136 valence electrons. The van der Waals surface area contributed by atoms with Crippen molar-refractivity contribution < 1.29 is 5.11 Å². The standard InChI is InChI=1S/C22H32OP2/c1-6-13-22(7-2,19-14-16(3)11-12-20(19)23)25-21-17(4)9-8-10-18(21)15-24-5/h8-12,14,23-25H,6-7,13,15H2,1-5H3. The summed E-state index contributed by atoms with van der Waals surface area (Å²) in [5, 5.41) is 12.2. The third kappa shape index (κ3) is 4.64. The molecule has 0 amide bonds. The Labute approximate surface area is 157 Å². The van der Waals surface area contributed by atoms with Crippen LogP contribution in [-0.4, -0.2) is 11.8 Å². The number of hydrogen-bond acceptors (Lipinski definition) is 1. The van der Waals surface area contributed by atoms with E-state index in [1.165, 1.54) is 22.0 Å². The number of phenols is 1. The lowest BCUT2D eigenvalue weighted by Gasteiger charge is -2.35. The van der Waals surface area contributed by atoms with Gasteiger partial charge in [0.2, 0.25) is 0 Å². The summed E-state index contributed by atoms with van der Waals surface area (Å²) in [6.45, 7) is 11.2. The maximum Gasteiger partial charge on any atom is 0.119 e. The van der Waals surface area contributed by atoms with Gasteiger partial charge in [0.1, 0.15) is 5.75 Å². The van der Waals surface area contributed by atoms with Crippen molar-refractivity contribution in [2.24, 2.45) is 0 Å². The van der Waals surface area contributed by atoms with Crippen molar-refractivity contribution in [3.8, 4) is 5.75 Å². The zero-order valence-electron chi connectivity index (χ0n) is 16.2. The highest BCUT2D eigenvalue weighted by Crippen LogP contribution is 2.51. The van der Waals surface area contributed by atoms with Crippen LogP contribution in [0.2, 0.25) is 0 Å². The van der Waals surface area contributed by atoms with Crippen LogP contribution in [-0.2, 0) is 11.3 Å². The van der Waals surface area contributed by atoms with E-state index in [1.54, 1.807) is 0 Å². The summed E-state index contributed by atoms with van der Waals surface area (Å²) >= 11 is 0. The molecule has 0 bridgehead atoms. The van der Waals surface area contributed by atoms with E-state index in [0.717, 1.165) is 39.6 Å². The Morgan fingerprint density at radius 3 is 2.48 bits per heavy atom. The Balaban J connectivity index is 2.58. The van der Waals surface area contributed by atoms with Crippen LogP contribution in [0, 0.1) is 13.8 Å². The second-order valence-corrected chi connectivity index (χ2v) is 9.74. The number of aryl methyl sites for hydroxylation is 2. The number of benzene rings is 2. The minimum absolute atomic E-state index is 0.0303. The Morgan fingerprint density at radius 1 is 1.08 bits per heavy atom. The Morgan fingerprint density at radius 2 is 1.84 bits per heavy atom. The maximum absolute atomic E-state index is 10.7. The van der Waals surface area contributed by atoms with Crippen molar-refractivity contribution in [1.29, 1.82) is 0 Å². The molecule has 2 rings (SSSR count). The predicted octanol–water partition coefficient (Wildman–Crippen LogP) is 6.23. The van der Waals surface area contributed by atoms with Crippen LogP contribution in [0.25, 0.3) is 0 Å². The molecule has 0 radical (unpaired) electrons. The average molecular weight is 374 g/mol. The normalized spacial score (nSPS) is 14.6. The van der Waals surface area contributed by atoms with Gasteiger partial charge in [0, 0.05) is 10.7 Å². The molecule has 0 aliphatic rings. The van der Waals surface area contributed by atoms with E-state index in [9.17, 15) is 5.11 Å². The van der Waals surface area contributed by atoms with Gasteiger partial charge in [-0.3, -0.25) is 0 Å². The molecule has 2 aromatic carbocycles. The fraction of sp³-hybridized carbons (Fsp3) is 0.455. The van der Waals surface area contributed by atoms with Crippen molar-refractivity contribution in [2.45, 2.75) is 58.3 Å². The van der Waals surface area contributed by atoms with Crippen LogP contribution >= 0.6 is 17.2 Å². The van der Waals surface area contributed by atoms with Gasteiger partial charge >= 0.3 is 0 Å². The van der Waals surface area contributed by atoms with Gasteiger partial charge in [0.25, 0.3) is 0 Å². The smallest absolute Gasteiger partial charge is 0.119 e. The summed E-state index contributed by atoms with van der Waals surface area (Å²) in [5.41, 5.74) is 5.27. The van der Waals surface area contributed by atoms with Gasteiger partial charge in [-0.15, -0.1) is 8.58 Å². The molecular weight excluding hydrogens is 342 g/mol. The molecule has 2 aromatic rings. The first kappa shape index (κ1) is 20.4. The molecule has 0 aliphatic carbocycles. The van der Waals surface area contributed by atoms with E-state index in [-0.39, 0.29) is 5.16 Å². The summed E-state index contributed by atoms with van der Waals surface area (Å²) in [4.78, 5) is 0. The molecule has 0 aliphatic heterocycles. The largest absolute Gasteiger partial charge is 0.508 e. The van der Waals surface area contributed by atoms with Crippen molar-refractivity contribution >= 4 is 22.5 Å². The van der Waals surface area contributed by atoms with Gasteiger partial charge in [-0.1, -0.05) is 64.7 Å². The summed E-state index contributed by atoms with van der Waals surface area (Å²) in [5.74, 6) is 0.459. The molecule has 1 N–H and O–H groups in total. The zero-order chi connectivity index (χ0) is 18.4. The van der Waals surface area contributed by atoms with E-state index in [0.29, 0.717) is 14.3 Å². The highest BCUT2D eigenvalue weighted by atomic mass is 31.1. The first-order chi connectivity index (χ1) is 12.0. The molecule has 0 aromatic heterocycles. The number of phenolic OH excluding ortho intramolecular Hbond substituents is 1. The average Bonchev–Trinajstić information content (AvgIpc) is 2.59. The lowest BCUT2D eigenvalue weighted by molar-refractivity contribution is 0.442. The second kappa shape index (κ2) is 9.16. The van der Waals surface area contributed by atoms with Crippen LogP contribution in [0.15, 0.2) is 36.4 Å². The minimum atomic E-state index is 0.0303. The monoisotopic (exact) mass is 374 g/mol. The van der Waals surface area contributed by atoms with Crippen molar-refractivity contribution in [3.05, 3.63) is 58.7 Å². The van der Waals surface area contributed by atoms with Gasteiger partial charge < -0.3 is 5.11 Å². The molecule has 0 fully saturated rings. The van der Waals surface area contributed by atoms with Gasteiger partial charge in [-0.25, -0.2) is 0 Å². The van der Waals surface area contributed by atoms with E-state index in [4.69, 9.17) is 0 Å². The highest BCUT2D eigenvalue weighted by molar-refractivity contribution is 7.49. The number of aromatic hydroxyl groups is 1. The molecule has 3 heteroatoms. The molecular formula is C22H32OP2. The number of hydrogen-bond donors (Lipinski definition) is 1. The Bertz CT molecular complexity index is 711. The maximum atomic E-state index is 10.7. The summed E-state index contributed by atoms with van der Waals surface area (Å²) in [6.07, 6.45) is 4.46. The summed E-state index contributed by atoms with van der Waals surface area (Å²) in [7, 11) is 1.63. The predicted molar refractivity (Wildman–Crippen MR) is 117 cm³/mol. The Hall–Kier alpha value is -0.900. The van der Waals surface area contributed by atoms with Gasteiger partial charge in [-0.2, -0.15) is 0 Å². The molecule has 0 spiro atoms. The first-order valence-electron chi connectivity index (χ1n) is 9.28. The molecule has 0 saturated heterocycles. The third-order valence-electron chi connectivity index (χ3n) is 5.04. The van der Waals surface area contributed by atoms with Gasteiger partial charge in [-0.05, 0) is 62.0 Å². The lowest BCUT2D eigenvalue weighted by Crippen LogP contribution is -2.25. The zero-order valence-corrected chi connectivity index (χ0v) is 18.2. The SMILES string of the molecule is CCCC(CC)(Pc1c(C)cccc1CPC)c1cc(C)ccc1O. The summed E-state index contributed by atoms with van der Waals surface area (Å²) in [6, 6.07) is 12.8. The topological polar surface area (TPSA) is 20.2 Å². The van der Waals surface area contributed by atoms with E-state index >= 15 is 0 Å². The van der Waals surface area contributed by atoms with Gasteiger partial charge in [0.05, 0.1) is 0 Å². The fourth-order valence-corrected chi connectivity index (χ4v) is 6.49. The van der Waals surface area contributed by atoms with Gasteiger partial charge in [0.15, 0.2) is 0 Å². The van der Waals surface area contributed by atoms with Crippen LogP contribution in [0.4, 0.5) is 0 Å². The first-order valence-corrected chi connectivity index (χ1v) is 12.0. The molecule has 0 saturated carbocycles. The molecule has 1 nitrogen and oxygen atoms in total. The van der Waals surface area contributed by atoms with Crippen LogP contribution in [0.1, 0.15) is 55.4 Å². The lowest BCUT2D eigenvalue weighted by atomic mass is 9.89. The highest BCUT2D eigenvalue weighted by Gasteiger charge is 2.33. The van der Waals surface area contributed by atoms with E-state index < -0.39 is 0 Å². The molecule has 0 heterocycles. The third-order valence-corrected chi connectivity index (χ3v) is 8.09. The second-order valence-electron chi connectivity index (χ2n) is 6.97. The molecule has 3 atom stereocenters.